The monoisotopic (exact) mass is 338 g/mol. The summed E-state index contributed by atoms with van der Waals surface area (Å²) in [5, 5.41) is 3.04. The van der Waals surface area contributed by atoms with Gasteiger partial charge in [0.15, 0.2) is 0 Å². The van der Waals surface area contributed by atoms with E-state index in [1.807, 2.05) is 44.0 Å². The van der Waals surface area contributed by atoms with E-state index in [0.717, 1.165) is 23.4 Å². The lowest BCUT2D eigenvalue weighted by Gasteiger charge is -2.21. The number of nitrogens with zero attached hydrogens (tertiary/aromatic N) is 1. The number of anilines is 1. The zero-order chi connectivity index (χ0) is 18.6. The molecule has 2 aromatic rings. The van der Waals surface area contributed by atoms with Crippen LogP contribution in [0.2, 0.25) is 0 Å². The van der Waals surface area contributed by atoms with Gasteiger partial charge in [-0.05, 0) is 48.6 Å². The summed E-state index contributed by atoms with van der Waals surface area (Å²) in [4.78, 5) is 14.4. The minimum absolute atomic E-state index is 0.0196. The number of nitrogens with one attached hydrogen (secondary N) is 1. The summed E-state index contributed by atoms with van der Waals surface area (Å²) in [5.74, 6) is 0.0196. The van der Waals surface area contributed by atoms with Crippen molar-refractivity contribution >= 4 is 11.6 Å². The van der Waals surface area contributed by atoms with Crippen LogP contribution in [0.4, 0.5) is 5.69 Å². The zero-order valence-corrected chi connectivity index (χ0v) is 16.3. The molecule has 1 N–H and O–H groups in total. The van der Waals surface area contributed by atoms with Gasteiger partial charge in [-0.25, -0.2) is 0 Å². The zero-order valence-electron chi connectivity index (χ0n) is 16.3. The van der Waals surface area contributed by atoms with Gasteiger partial charge in [-0.1, -0.05) is 63.2 Å². The van der Waals surface area contributed by atoms with E-state index in [9.17, 15) is 4.79 Å². The summed E-state index contributed by atoms with van der Waals surface area (Å²) < 4.78 is 0. The highest BCUT2D eigenvalue weighted by Gasteiger charge is 2.14. The molecule has 0 aromatic heterocycles. The van der Waals surface area contributed by atoms with E-state index in [0.29, 0.717) is 6.54 Å². The predicted octanol–water partition coefficient (Wildman–Crippen LogP) is 4.67. The predicted molar refractivity (Wildman–Crippen MR) is 106 cm³/mol. The van der Waals surface area contributed by atoms with Crippen LogP contribution in [0.5, 0.6) is 0 Å². The van der Waals surface area contributed by atoms with Crippen molar-refractivity contribution < 1.29 is 4.79 Å². The molecule has 3 heteroatoms. The van der Waals surface area contributed by atoms with E-state index in [2.05, 4.69) is 50.4 Å². The number of aryl methyl sites for hydroxylation is 2. The third kappa shape index (κ3) is 5.43. The number of benzene rings is 2. The summed E-state index contributed by atoms with van der Waals surface area (Å²) >= 11 is 0. The number of para-hydroxylation sites is 1. The Morgan fingerprint density at radius 2 is 1.56 bits per heavy atom. The summed E-state index contributed by atoms with van der Waals surface area (Å²) in [6.07, 6.45) is 0. The van der Waals surface area contributed by atoms with Crippen LogP contribution in [0.25, 0.3) is 0 Å². The van der Waals surface area contributed by atoms with Crippen LogP contribution < -0.4 is 5.32 Å². The smallest absolute Gasteiger partial charge is 0.238 e. The summed E-state index contributed by atoms with van der Waals surface area (Å²) in [5.41, 5.74) is 5.82. The van der Waals surface area contributed by atoms with Crippen LogP contribution in [0.3, 0.4) is 0 Å². The van der Waals surface area contributed by atoms with Crippen molar-refractivity contribution in [3.8, 4) is 0 Å². The molecule has 3 nitrogen and oxygen atoms in total. The lowest BCUT2D eigenvalue weighted by Crippen LogP contribution is -2.30. The fourth-order valence-electron chi connectivity index (χ4n) is 2.91. The van der Waals surface area contributed by atoms with Crippen molar-refractivity contribution in [3.05, 3.63) is 64.7 Å². The Hall–Kier alpha value is -2.13. The highest BCUT2D eigenvalue weighted by atomic mass is 16.2. The Labute approximate surface area is 152 Å². The number of carbonyl (C=O) groups excluding carboxylic acids is 1. The standard InChI is InChI=1S/C22H30N2O/c1-16-8-7-9-17(2)21(16)23-20(25)15-24(6)14-18-10-12-19(13-11-18)22(3,4)5/h7-13H,14-15H2,1-6H3,(H,23,25). The van der Waals surface area contributed by atoms with Gasteiger partial charge in [-0.3, -0.25) is 9.69 Å². The second kappa shape index (κ2) is 7.83. The molecule has 0 bridgehead atoms. The highest BCUT2D eigenvalue weighted by Crippen LogP contribution is 2.22. The van der Waals surface area contributed by atoms with Crippen molar-refractivity contribution in [2.75, 3.05) is 18.9 Å². The number of carbonyl (C=O) groups is 1. The number of amides is 1. The molecule has 0 saturated heterocycles. The molecule has 1 amide bonds. The first kappa shape index (κ1) is 19.2. The van der Waals surface area contributed by atoms with Gasteiger partial charge in [-0.2, -0.15) is 0 Å². The average molecular weight is 338 g/mol. The van der Waals surface area contributed by atoms with Crippen LogP contribution in [0.15, 0.2) is 42.5 Å². The lowest BCUT2D eigenvalue weighted by molar-refractivity contribution is -0.117. The number of hydrogen-bond acceptors (Lipinski definition) is 2. The molecule has 0 aliphatic heterocycles. The van der Waals surface area contributed by atoms with Crippen LogP contribution in [0, 0.1) is 13.8 Å². The molecule has 0 fully saturated rings. The molecule has 0 aliphatic carbocycles. The van der Waals surface area contributed by atoms with E-state index in [4.69, 9.17) is 0 Å². The third-order valence-corrected chi connectivity index (χ3v) is 4.43. The minimum atomic E-state index is 0.0196. The molecule has 2 rings (SSSR count). The Kier molecular flexibility index (Phi) is 6.02. The normalized spacial score (nSPS) is 11.6. The number of rotatable bonds is 5. The maximum absolute atomic E-state index is 12.4. The Balaban J connectivity index is 1.93. The molecular formula is C22H30N2O. The Morgan fingerprint density at radius 1 is 1.00 bits per heavy atom. The van der Waals surface area contributed by atoms with Crippen molar-refractivity contribution in [2.24, 2.45) is 0 Å². The van der Waals surface area contributed by atoms with E-state index in [1.165, 1.54) is 11.1 Å². The fourth-order valence-corrected chi connectivity index (χ4v) is 2.91. The van der Waals surface area contributed by atoms with Gasteiger partial charge in [-0.15, -0.1) is 0 Å². The molecule has 0 saturated carbocycles. The van der Waals surface area contributed by atoms with Gasteiger partial charge < -0.3 is 5.32 Å². The molecule has 0 aliphatic rings. The largest absolute Gasteiger partial charge is 0.324 e. The van der Waals surface area contributed by atoms with Crippen LogP contribution in [-0.2, 0) is 16.8 Å². The fraction of sp³-hybridized carbons (Fsp3) is 0.409. The van der Waals surface area contributed by atoms with Gasteiger partial charge in [0.25, 0.3) is 0 Å². The van der Waals surface area contributed by atoms with E-state index in [1.54, 1.807) is 0 Å². The van der Waals surface area contributed by atoms with E-state index in [-0.39, 0.29) is 11.3 Å². The van der Waals surface area contributed by atoms with Crippen molar-refractivity contribution in [1.29, 1.82) is 0 Å². The maximum atomic E-state index is 12.4. The molecule has 0 atom stereocenters. The van der Waals surface area contributed by atoms with Gasteiger partial charge >= 0.3 is 0 Å². The Morgan fingerprint density at radius 3 is 2.08 bits per heavy atom. The SMILES string of the molecule is Cc1cccc(C)c1NC(=O)CN(C)Cc1ccc(C(C)(C)C)cc1. The van der Waals surface area contributed by atoms with Gasteiger partial charge in [0.05, 0.1) is 6.54 Å². The van der Waals surface area contributed by atoms with E-state index < -0.39 is 0 Å². The molecular weight excluding hydrogens is 308 g/mol. The Bertz CT molecular complexity index is 706. The molecule has 0 spiro atoms. The van der Waals surface area contributed by atoms with Gasteiger partial charge in [0, 0.05) is 12.2 Å². The first-order chi connectivity index (χ1) is 11.7. The molecule has 0 heterocycles. The van der Waals surface area contributed by atoms with Crippen LogP contribution >= 0.6 is 0 Å². The van der Waals surface area contributed by atoms with E-state index >= 15 is 0 Å². The van der Waals surface area contributed by atoms with Crippen molar-refractivity contribution in [3.63, 3.8) is 0 Å². The molecule has 2 aromatic carbocycles. The summed E-state index contributed by atoms with van der Waals surface area (Å²) in [7, 11) is 1.97. The van der Waals surface area contributed by atoms with Crippen LogP contribution in [0.1, 0.15) is 43.0 Å². The maximum Gasteiger partial charge on any atom is 0.238 e. The number of likely N-dealkylation sites (N-methyl/N-ethyl adjacent to an activating group) is 1. The molecule has 25 heavy (non-hydrogen) atoms. The number of hydrogen-bond donors (Lipinski definition) is 1. The van der Waals surface area contributed by atoms with Gasteiger partial charge in [0.1, 0.15) is 0 Å². The third-order valence-electron chi connectivity index (χ3n) is 4.43. The first-order valence-corrected chi connectivity index (χ1v) is 8.81. The molecule has 0 unspecified atom stereocenters. The van der Waals surface area contributed by atoms with Crippen molar-refractivity contribution in [1.82, 2.24) is 4.90 Å². The highest BCUT2D eigenvalue weighted by molar-refractivity contribution is 5.93. The molecule has 134 valence electrons. The minimum Gasteiger partial charge on any atom is -0.324 e. The topological polar surface area (TPSA) is 32.3 Å². The second-order valence-electron chi connectivity index (χ2n) is 7.93. The van der Waals surface area contributed by atoms with Crippen LogP contribution in [-0.4, -0.2) is 24.4 Å². The quantitative estimate of drug-likeness (QED) is 0.859. The van der Waals surface area contributed by atoms with Crippen molar-refractivity contribution in [2.45, 2.75) is 46.6 Å². The summed E-state index contributed by atoms with van der Waals surface area (Å²) in [6.45, 7) is 11.8. The van der Waals surface area contributed by atoms with Gasteiger partial charge in [0.2, 0.25) is 5.91 Å². The molecule has 0 radical (unpaired) electrons. The first-order valence-electron chi connectivity index (χ1n) is 8.81. The second-order valence-corrected chi connectivity index (χ2v) is 7.93. The average Bonchev–Trinajstić information content (AvgIpc) is 2.50. The summed E-state index contributed by atoms with van der Waals surface area (Å²) in [6, 6.07) is 14.7. The lowest BCUT2D eigenvalue weighted by atomic mass is 9.87.